The molecule has 12 rings (SSSR count). The largest absolute Gasteiger partial charge is 0.295 e. The number of nitrogens with zero attached hydrogens (tertiary/aromatic N) is 11. The fourth-order valence-corrected chi connectivity index (χ4v) is 9.72. The molecule has 12 aromatic rings. The van der Waals surface area contributed by atoms with Crippen LogP contribution in [0.4, 0.5) is 11.5 Å². The van der Waals surface area contributed by atoms with Crippen molar-refractivity contribution in [2.45, 2.75) is 27.7 Å². The molecule has 73 heavy (non-hydrogen) atoms. The number of pyridine rings is 3. The molecule has 0 aliphatic rings. The fourth-order valence-electron chi connectivity index (χ4n) is 9.72. The summed E-state index contributed by atoms with van der Waals surface area (Å²) in [6.07, 6.45) is 5.43. The van der Waals surface area contributed by atoms with Gasteiger partial charge in [0.15, 0.2) is 28.8 Å². The normalized spacial score (nSPS) is 11.3. The van der Waals surface area contributed by atoms with Crippen LogP contribution in [0.1, 0.15) is 27.8 Å². The summed E-state index contributed by atoms with van der Waals surface area (Å²) in [5.74, 6) is 3.53. The minimum atomic E-state index is 0.451. The van der Waals surface area contributed by atoms with Crippen LogP contribution in [-0.4, -0.2) is 49.0 Å². The predicted octanol–water partition coefficient (Wildman–Crippen LogP) is 14.1. The first-order valence-corrected chi connectivity index (χ1v) is 24.1. The average molecular weight is 946 g/mol. The van der Waals surface area contributed by atoms with Gasteiger partial charge in [0, 0.05) is 57.7 Å². The van der Waals surface area contributed by atoms with Crippen LogP contribution in [0.5, 0.6) is 0 Å². The maximum Gasteiger partial charge on any atom is 0.164 e. The van der Waals surface area contributed by atoms with Crippen LogP contribution in [0.3, 0.4) is 0 Å². The first-order chi connectivity index (χ1) is 35.8. The lowest BCUT2D eigenvalue weighted by molar-refractivity contribution is 1.05. The summed E-state index contributed by atoms with van der Waals surface area (Å²) in [5, 5.41) is 0. The van der Waals surface area contributed by atoms with Crippen LogP contribution >= 0.6 is 0 Å². The van der Waals surface area contributed by atoms with Crippen LogP contribution in [0, 0.1) is 27.7 Å². The molecule has 0 unspecified atom stereocenters. The van der Waals surface area contributed by atoms with Crippen molar-refractivity contribution in [3.05, 3.63) is 235 Å². The van der Waals surface area contributed by atoms with Crippen molar-refractivity contribution in [3.63, 3.8) is 0 Å². The molecule has 0 saturated heterocycles. The molecule has 0 fully saturated rings. The Labute approximate surface area is 422 Å². The second-order valence-corrected chi connectivity index (χ2v) is 18.0. The van der Waals surface area contributed by atoms with E-state index in [-0.39, 0.29) is 0 Å². The highest BCUT2D eigenvalue weighted by atomic mass is 15.2. The third-order valence-corrected chi connectivity index (χ3v) is 13.3. The van der Waals surface area contributed by atoms with E-state index in [2.05, 4.69) is 121 Å². The molecule has 0 radical (unpaired) electrons. The van der Waals surface area contributed by atoms with Crippen molar-refractivity contribution in [2.75, 3.05) is 4.90 Å². The summed E-state index contributed by atoms with van der Waals surface area (Å²) in [7, 11) is 0. The van der Waals surface area contributed by atoms with Crippen LogP contribution < -0.4 is 4.90 Å². The van der Waals surface area contributed by atoms with E-state index in [1.54, 1.807) is 12.4 Å². The topological polar surface area (TPSA) is 116 Å². The molecule has 0 saturated carbocycles. The van der Waals surface area contributed by atoms with Gasteiger partial charge in [0.05, 0.1) is 17.1 Å². The Kier molecular flexibility index (Phi) is 11.3. The second kappa shape index (κ2) is 18.5. The number of hydrogen-bond donors (Lipinski definition) is 0. The van der Waals surface area contributed by atoms with E-state index in [0.29, 0.717) is 34.8 Å². The molecule has 6 heterocycles. The molecule has 350 valence electrons. The van der Waals surface area contributed by atoms with E-state index < -0.39 is 0 Å². The Balaban J connectivity index is 1.12. The molecular formula is C62H47N11. The van der Waals surface area contributed by atoms with E-state index in [9.17, 15) is 0 Å². The molecule has 6 aromatic heterocycles. The Morgan fingerprint density at radius 2 is 0.795 bits per heavy atom. The van der Waals surface area contributed by atoms with Gasteiger partial charge >= 0.3 is 0 Å². The van der Waals surface area contributed by atoms with E-state index in [4.69, 9.17) is 46.5 Å². The fraction of sp³-hybridized carbons (Fsp3) is 0.0645. The quantitative estimate of drug-likeness (QED) is 0.125. The van der Waals surface area contributed by atoms with Crippen LogP contribution in [-0.2, 0) is 0 Å². The maximum absolute atomic E-state index is 5.48. The van der Waals surface area contributed by atoms with Gasteiger partial charge in [0.1, 0.15) is 28.5 Å². The van der Waals surface area contributed by atoms with Crippen molar-refractivity contribution >= 4 is 39.5 Å². The lowest BCUT2D eigenvalue weighted by atomic mass is 10.0. The minimum Gasteiger partial charge on any atom is -0.295 e. The Morgan fingerprint density at radius 1 is 0.384 bits per heavy atom. The highest BCUT2D eigenvalue weighted by Gasteiger charge is 2.27. The molecule has 0 bridgehead atoms. The zero-order chi connectivity index (χ0) is 49.6. The van der Waals surface area contributed by atoms with Crippen LogP contribution in [0.15, 0.2) is 207 Å². The predicted molar refractivity (Wildman–Crippen MR) is 293 cm³/mol. The molecule has 0 aliphatic carbocycles. The van der Waals surface area contributed by atoms with Gasteiger partial charge < -0.3 is 0 Å². The zero-order valence-corrected chi connectivity index (χ0v) is 40.7. The molecule has 11 nitrogen and oxygen atoms in total. The van der Waals surface area contributed by atoms with Gasteiger partial charge in [0.2, 0.25) is 0 Å². The Hall–Kier alpha value is -9.74. The molecule has 6 aromatic carbocycles. The minimum absolute atomic E-state index is 0.451. The van der Waals surface area contributed by atoms with Gasteiger partial charge in [-0.1, -0.05) is 140 Å². The highest BCUT2D eigenvalue weighted by molar-refractivity contribution is 5.93. The van der Waals surface area contributed by atoms with E-state index >= 15 is 0 Å². The molecule has 0 amide bonds. The number of fused-ring (bicyclic) bond motifs is 2. The van der Waals surface area contributed by atoms with Crippen molar-refractivity contribution in [1.29, 1.82) is 0 Å². The molecule has 0 spiro atoms. The van der Waals surface area contributed by atoms with Crippen molar-refractivity contribution in [2.24, 2.45) is 0 Å². The monoisotopic (exact) mass is 945 g/mol. The van der Waals surface area contributed by atoms with Gasteiger partial charge in [-0.2, -0.15) is 0 Å². The second-order valence-electron chi connectivity index (χ2n) is 18.0. The third kappa shape index (κ3) is 7.89. The first-order valence-electron chi connectivity index (χ1n) is 24.1. The summed E-state index contributed by atoms with van der Waals surface area (Å²) in [5.41, 5.74) is 15.6. The number of hydrogen-bond acceptors (Lipinski definition) is 9. The van der Waals surface area contributed by atoms with Gasteiger partial charge in [0.25, 0.3) is 0 Å². The van der Waals surface area contributed by atoms with Crippen molar-refractivity contribution in [3.8, 4) is 68.3 Å². The highest BCUT2D eigenvalue weighted by Crippen LogP contribution is 2.42. The standard InChI is InChI=1S/C62H47N11/c1-39-21-6-15-33-52(39)71(58-42(4)24-18-36-63-58)43(5)44-25-9-10-26-45(44)55-68-56(46-27-11-13-29-48(46)59-66-50-31-19-37-64-61(50)72(59)53-34-16-7-22-40(53)2)70-57(69-55)47-28-12-14-30-49(47)60-67-51-32-20-38-65-62(51)73(60)54-35-17-8-23-41(54)3/h6-38H,5H2,1-4H3. The van der Waals surface area contributed by atoms with E-state index in [1.165, 1.54) is 0 Å². The number of imidazole rings is 2. The molecular weight excluding hydrogens is 899 g/mol. The number of aryl methyl sites for hydroxylation is 4. The summed E-state index contributed by atoms with van der Waals surface area (Å²) in [4.78, 5) is 43.8. The summed E-state index contributed by atoms with van der Waals surface area (Å²) in [6.45, 7) is 13.2. The smallest absolute Gasteiger partial charge is 0.164 e. The number of anilines is 2. The number of para-hydroxylation sites is 3. The van der Waals surface area contributed by atoms with Gasteiger partial charge in [-0.3, -0.25) is 14.0 Å². The number of benzene rings is 6. The average Bonchev–Trinajstić information content (AvgIpc) is 4.01. The van der Waals surface area contributed by atoms with Crippen LogP contribution in [0.2, 0.25) is 0 Å². The molecule has 0 N–H and O–H groups in total. The van der Waals surface area contributed by atoms with Gasteiger partial charge in [-0.15, -0.1) is 0 Å². The number of rotatable bonds is 11. The lowest BCUT2D eigenvalue weighted by Gasteiger charge is -2.29. The van der Waals surface area contributed by atoms with Gasteiger partial charge in [-0.05, 0) is 98.5 Å². The molecule has 11 heteroatoms. The van der Waals surface area contributed by atoms with Crippen molar-refractivity contribution in [1.82, 2.24) is 49.0 Å². The Morgan fingerprint density at radius 3 is 1.32 bits per heavy atom. The number of aromatic nitrogens is 10. The Bertz CT molecular complexity index is 3860. The summed E-state index contributed by atoms with van der Waals surface area (Å²) >= 11 is 0. The summed E-state index contributed by atoms with van der Waals surface area (Å²) in [6, 6.07) is 61.2. The summed E-state index contributed by atoms with van der Waals surface area (Å²) < 4.78 is 4.26. The lowest BCUT2D eigenvalue weighted by Crippen LogP contribution is -2.19. The van der Waals surface area contributed by atoms with Crippen LogP contribution in [0.25, 0.3) is 96.3 Å². The maximum atomic E-state index is 5.48. The van der Waals surface area contributed by atoms with Gasteiger partial charge in [-0.25, -0.2) is 39.9 Å². The van der Waals surface area contributed by atoms with Crippen molar-refractivity contribution < 1.29 is 0 Å². The third-order valence-electron chi connectivity index (χ3n) is 13.3. The zero-order valence-electron chi connectivity index (χ0n) is 40.7. The molecule has 0 aliphatic heterocycles. The van der Waals surface area contributed by atoms with E-state index in [0.717, 1.165) is 101 Å². The SMILES string of the molecule is C=C(c1ccccc1-c1nc(-c2ccccc2-c2nc3cccnc3n2-c2ccccc2C)nc(-c2ccccc2-c2nc3cccnc3n2-c2ccccc2C)n1)N(c1ccccc1C)c1ncccc1C. The van der Waals surface area contributed by atoms with E-state index in [1.807, 2.05) is 109 Å². The molecule has 0 atom stereocenters. The first kappa shape index (κ1) is 44.5.